The van der Waals surface area contributed by atoms with Crippen molar-refractivity contribution in [2.24, 2.45) is 0 Å². The minimum Gasteiger partial charge on any atom is -0.478 e. The number of aryl methyl sites for hydroxylation is 1. The first-order chi connectivity index (χ1) is 15.4. The lowest BCUT2D eigenvalue weighted by Gasteiger charge is -2.13. The van der Waals surface area contributed by atoms with E-state index in [4.69, 9.17) is 4.74 Å². The summed E-state index contributed by atoms with van der Waals surface area (Å²) in [4.78, 5) is 28.8. The fourth-order valence-electron chi connectivity index (χ4n) is 3.28. The number of ether oxygens (including phenoxy) is 1. The van der Waals surface area contributed by atoms with Crippen molar-refractivity contribution in [3.05, 3.63) is 54.6 Å². The standard InChI is InChI=1S/C21H19N5O5S/c1-3-26-16-11-18(31-17-6-5-7-24-20(17)32(29,30)4-2)13(21(27)28)10-14(16)25-19(26)15-12-22-8-9-23-15/h5-12H,3-4H2,1-2H3,(H,27,28). The number of sulfone groups is 1. The number of nitrogens with zero attached hydrogens (tertiary/aromatic N) is 5. The molecule has 0 unspecified atom stereocenters. The fourth-order valence-corrected chi connectivity index (χ4v) is 4.19. The zero-order valence-corrected chi connectivity index (χ0v) is 18.1. The van der Waals surface area contributed by atoms with E-state index in [-0.39, 0.29) is 27.8 Å². The lowest BCUT2D eigenvalue weighted by atomic mass is 10.1. The van der Waals surface area contributed by atoms with Gasteiger partial charge in [-0.2, -0.15) is 0 Å². The van der Waals surface area contributed by atoms with E-state index in [0.717, 1.165) is 0 Å². The molecule has 32 heavy (non-hydrogen) atoms. The van der Waals surface area contributed by atoms with Gasteiger partial charge < -0.3 is 14.4 Å². The average molecular weight is 453 g/mol. The Labute approximate surface area is 183 Å². The molecule has 3 heterocycles. The molecule has 1 N–H and O–H groups in total. The van der Waals surface area contributed by atoms with Gasteiger partial charge in [-0.3, -0.25) is 4.98 Å². The topological polar surface area (TPSA) is 137 Å². The van der Waals surface area contributed by atoms with Gasteiger partial charge in [-0.15, -0.1) is 0 Å². The van der Waals surface area contributed by atoms with Gasteiger partial charge in [0.1, 0.15) is 17.0 Å². The second-order valence-electron chi connectivity index (χ2n) is 6.72. The number of rotatable bonds is 7. The van der Waals surface area contributed by atoms with E-state index in [1.807, 2.05) is 11.5 Å². The van der Waals surface area contributed by atoms with E-state index in [0.29, 0.717) is 29.1 Å². The summed E-state index contributed by atoms with van der Waals surface area (Å²) in [6, 6.07) is 5.88. The number of carbonyl (C=O) groups is 1. The Hall–Kier alpha value is -3.86. The van der Waals surface area contributed by atoms with Crippen molar-refractivity contribution in [3.63, 3.8) is 0 Å². The second-order valence-corrected chi connectivity index (χ2v) is 8.92. The molecule has 1 aromatic carbocycles. The third-order valence-corrected chi connectivity index (χ3v) is 6.48. The normalized spacial score (nSPS) is 11.6. The third kappa shape index (κ3) is 3.78. The number of carboxylic acid groups (broad SMARTS) is 1. The van der Waals surface area contributed by atoms with Crippen molar-refractivity contribution >= 4 is 26.8 Å². The highest BCUT2D eigenvalue weighted by Gasteiger charge is 2.23. The van der Waals surface area contributed by atoms with E-state index < -0.39 is 15.8 Å². The molecule has 0 saturated heterocycles. The number of aromatic carboxylic acids is 1. The number of hydrogen-bond acceptors (Lipinski definition) is 8. The van der Waals surface area contributed by atoms with Gasteiger partial charge in [0.25, 0.3) is 0 Å². The van der Waals surface area contributed by atoms with E-state index in [9.17, 15) is 18.3 Å². The zero-order chi connectivity index (χ0) is 22.9. The maximum Gasteiger partial charge on any atom is 0.339 e. The highest BCUT2D eigenvalue weighted by atomic mass is 32.2. The van der Waals surface area contributed by atoms with Gasteiger partial charge in [0.2, 0.25) is 0 Å². The maximum absolute atomic E-state index is 12.4. The van der Waals surface area contributed by atoms with Crippen LogP contribution in [0.5, 0.6) is 11.5 Å². The molecule has 0 atom stereocenters. The van der Waals surface area contributed by atoms with Gasteiger partial charge >= 0.3 is 5.97 Å². The van der Waals surface area contributed by atoms with Crippen molar-refractivity contribution in [3.8, 4) is 23.0 Å². The first kappa shape index (κ1) is 21.4. The van der Waals surface area contributed by atoms with Crippen LogP contribution in [-0.4, -0.2) is 49.7 Å². The largest absolute Gasteiger partial charge is 0.478 e. The zero-order valence-electron chi connectivity index (χ0n) is 17.3. The van der Waals surface area contributed by atoms with E-state index >= 15 is 0 Å². The predicted octanol–water partition coefficient (Wildman–Crippen LogP) is 3.19. The average Bonchev–Trinajstić information content (AvgIpc) is 3.17. The summed E-state index contributed by atoms with van der Waals surface area (Å²) in [6.07, 6.45) is 6.01. The number of fused-ring (bicyclic) bond motifs is 1. The van der Waals surface area contributed by atoms with Crippen LogP contribution in [0.3, 0.4) is 0 Å². The SMILES string of the molecule is CCn1c(-c2cnccn2)nc2cc(C(=O)O)c(Oc3cccnc3S(=O)(=O)CC)cc21. The Bertz CT molecular complexity index is 1420. The van der Waals surface area contributed by atoms with Crippen LogP contribution in [0.1, 0.15) is 24.2 Å². The van der Waals surface area contributed by atoms with Crippen molar-refractivity contribution in [1.29, 1.82) is 0 Å². The number of carboxylic acids is 1. The van der Waals surface area contributed by atoms with Crippen LogP contribution in [0.4, 0.5) is 0 Å². The summed E-state index contributed by atoms with van der Waals surface area (Å²) < 4.78 is 32.5. The van der Waals surface area contributed by atoms with Gasteiger partial charge in [0, 0.05) is 31.2 Å². The summed E-state index contributed by atoms with van der Waals surface area (Å²) in [5.41, 5.74) is 1.42. The van der Waals surface area contributed by atoms with Crippen molar-refractivity contribution in [2.45, 2.75) is 25.4 Å². The molecule has 0 radical (unpaired) electrons. The predicted molar refractivity (Wildman–Crippen MR) is 115 cm³/mol. The highest BCUT2D eigenvalue weighted by Crippen LogP contribution is 2.34. The summed E-state index contributed by atoms with van der Waals surface area (Å²) in [5.74, 6) is -0.953. The van der Waals surface area contributed by atoms with E-state index in [1.165, 1.54) is 37.4 Å². The molecule has 164 valence electrons. The van der Waals surface area contributed by atoms with Gasteiger partial charge in [0.15, 0.2) is 26.4 Å². The Kier molecular flexibility index (Phi) is 5.57. The lowest BCUT2D eigenvalue weighted by Crippen LogP contribution is -2.09. The Balaban J connectivity index is 1.91. The highest BCUT2D eigenvalue weighted by molar-refractivity contribution is 7.91. The number of hydrogen-bond donors (Lipinski definition) is 1. The third-order valence-electron chi connectivity index (χ3n) is 4.82. The fraction of sp³-hybridized carbons (Fsp3) is 0.190. The van der Waals surface area contributed by atoms with Gasteiger partial charge in [0.05, 0.1) is 23.0 Å². The molecule has 0 amide bonds. The van der Waals surface area contributed by atoms with Crippen LogP contribution in [0.15, 0.2) is 54.1 Å². The minimum atomic E-state index is -3.69. The van der Waals surface area contributed by atoms with Crippen LogP contribution in [0.25, 0.3) is 22.6 Å². The Morgan fingerprint density at radius 3 is 2.59 bits per heavy atom. The van der Waals surface area contributed by atoms with Crippen LogP contribution in [0.2, 0.25) is 0 Å². The molecule has 0 aliphatic carbocycles. The molecule has 0 bridgehead atoms. The summed E-state index contributed by atoms with van der Waals surface area (Å²) in [5, 5.41) is 9.51. The van der Waals surface area contributed by atoms with Gasteiger partial charge in [-0.25, -0.2) is 28.2 Å². The van der Waals surface area contributed by atoms with Gasteiger partial charge in [-0.1, -0.05) is 6.92 Å². The summed E-state index contributed by atoms with van der Waals surface area (Å²) >= 11 is 0. The Morgan fingerprint density at radius 2 is 1.94 bits per heavy atom. The molecule has 11 heteroatoms. The molecule has 0 spiro atoms. The van der Waals surface area contributed by atoms with Crippen LogP contribution in [-0.2, 0) is 16.4 Å². The number of pyridine rings is 1. The molecule has 0 saturated carbocycles. The molecule has 10 nitrogen and oxygen atoms in total. The lowest BCUT2D eigenvalue weighted by molar-refractivity contribution is 0.0694. The van der Waals surface area contributed by atoms with Crippen molar-refractivity contribution in [1.82, 2.24) is 24.5 Å². The summed E-state index contributed by atoms with van der Waals surface area (Å²) in [6.45, 7) is 3.94. The summed E-state index contributed by atoms with van der Waals surface area (Å²) in [7, 11) is -3.69. The Morgan fingerprint density at radius 1 is 1.12 bits per heavy atom. The van der Waals surface area contributed by atoms with Crippen LogP contribution >= 0.6 is 0 Å². The number of benzene rings is 1. The number of aromatic nitrogens is 5. The van der Waals surface area contributed by atoms with E-state index in [1.54, 1.807) is 18.6 Å². The van der Waals surface area contributed by atoms with Crippen molar-refractivity contribution in [2.75, 3.05) is 5.75 Å². The van der Waals surface area contributed by atoms with Crippen LogP contribution in [0, 0.1) is 0 Å². The molecule has 0 fully saturated rings. The quantitative estimate of drug-likeness (QED) is 0.447. The molecule has 0 aliphatic rings. The monoisotopic (exact) mass is 453 g/mol. The number of imidazole rings is 1. The first-order valence-corrected chi connectivity index (χ1v) is 11.4. The second kappa shape index (κ2) is 8.35. The van der Waals surface area contributed by atoms with Crippen molar-refractivity contribution < 1.29 is 23.1 Å². The molecule has 3 aromatic heterocycles. The smallest absolute Gasteiger partial charge is 0.339 e. The molecular formula is C21H19N5O5S. The minimum absolute atomic E-state index is 0.0224. The first-order valence-electron chi connectivity index (χ1n) is 9.75. The maximum atomic E-state index is 12.4. The molecule has 4 aromatic rings. The van der Waals surface area contributed by atoms with E-state index in [2.05, 4.69) is 19.9 Å². The molecule has 0 aliphatic heterocycles. The molecular weight excluding hydrogens is 434 g/mol. The van der Waals surface area contributed by atoms with Crippen LogP contribution < -0.4 is 4.74 Å². The molecule has 4 rings (SSSR count). The van der Waals surface area contributed by atoms with Gasteiger partial charge in [-0.05, 0) is 25.1 Å².